The summed E-state index contributed by atoms with van der Waals surface area (Å²) in [5, 5.41) is 16.3. The number of hydrogen-bond acceptors (Lipinski definition) is 6. The van der Waals surface area contributed by atoms with Gasteiger partial charge in [-0.05, 0) is 64.5 Å². The number of H-pyrrole nitrogens is 1. The fraction of sp³-hybridized carbons (Fsp3) is 0. The summed E-state index contributed by atoms with van der Waals surface area (Å²) in [6.45, 7) is 0. The van der Waals surface area contributed by atoms with Gasteiger partial charge in [0.1, 0.15) is 5.69 Å². The number of aromatic amines is 1. The SMILES string of the molecule is O=C(Oc1c(Br)cc(Br)cc1C=NNC(=O)c1[nH]c2ccc(Br)cc2c1-c1ccccc1Cl)c1ccc([N+](=O)[O-])cc1. The topological polar surface area (TPSA) is 127 Å². The average Bonchev–Trinajstić information content (AvgIpc) is 3.33. The second-order valence-electron chi connectivity index (χ2n) is 8.74. The highest BCUT2D eigenvalue weighted by molar-refractivity contribution is 9.11. The summed E-state index contributed by atoms with van der Waals surface area (Å²) in [4.78, 5) is 39.7. The fourth-order valence-corrected chi connectivity index (χ4v) is 6.08. The monoisotopic (exact) mass is 772 g/mol. The van der Waals surface area contributed by atoms with E-state index in [-0.39, 0.29) is 22.7 Å². The third-order valence-electron chi connectivity index (χ3n) is 6.05. The van der Waals surface area contributed by atoms with Crippen LogP contribution in [-0.4, -0.2) is 28.0 Å². The molecule has 1 aromatic heterocycles. The molecule has 210 valence electrons. The van der Waals surface area contributed by atoms with E-state index in [0.29, 0.717) is 30.7 Å². The molecule has 1 amide bonds. The van der Waals surface area contributed by atoms with Crippen LogP contribution in [0.1, 0.15) is 26.4 Å². The zero-order valence-electron chi connectivity index (χ0n) is 21.0. The summed E-state index contributed by atoms with van der Waals surface area (Å²) < 4.78 is 7.52. The second-order valence-corrected chi connectivity index (χ2v) is 11.8. The van der Waals surface area contributed by atoms with E-state index in [9.17, 15) is 19.7 Å². The third kappa shape index (κ3) is 6.31. The molecule has 9 nitrogen and oxygen atoms in total. The lowest BCUT2D eigenvalue weighted by Gasteiger charge is -2.11. The van der Waals surface area contributed by atoms with Crippen LogP contribution >= 0.6 is 59.4 Å². The zero-order valence-corrected chi connectivity index (χ0v) is 26.5. The van der Waals surface area contributed by atoms with E-state index in [2.05, 4.69) is 63.3 Å². The van der Waals surface area contributed by atoms with Gasteiger partial charge in [-0.2, -0.15) is 5.10 Å². The van der Waals surface area contributed by atoms with Crippen LogP contribution in [-0.2, 0) is 0 Å². The molecule has 0 unspecified atom stereocenters. The van der Waals surface area contributed by atoms with E-state index in [1.165, 1.54) is 30.5 Å². The van der Waals surface area contributed by atoms with Crippen molar-refractivity contribution >= 4 is 94.1 Å². The first kappa shape index (κ1) is 29.6. The molecule has 0 atom stereocenters. The van der Waals surface area contributed by atoms with E-state index in [1.54, 1.807) is 18.2 Å². The standard InChI is InChI=1S/C29H16Br3ClN4O5/c30-17-7-10-24-21(12-17)25(20-3-1-2-4-23(20)33)26(35-24)28(38)36-34-14-16-11-18(31)13-22(32)27(16)42-29(39)15-5-8-19(9-6-15)37(40)41/h1-14,35H,(H,36,38). The maximum atomic E-state index is 13.4. The van der Waals surface area contributed by atoms with E-state index < -0.39 is 16.8 Å². The minimum atomic E-state index is -0.736. The number of benzene rings is 4. The predicted molar refractivity (Wildman–Crippen MR) is 171 cm³/mol. The summed E-state index contributed by atoms with van der Waals surface area (Å²) in [5.41, 5.74) is 5.14. The number of nitro groups is 1. The maximum absolute atomic E-state index is 13.4. The Bertz CT molecular complexity index is 1910. The summed E-state index contributed by atoms with van der Waals surface area (Å²) in [6, 6.07) is 21.2. The Balaban J connectivity index is 1.43. The number of ether oxygens (including phenoxy) is 1. The molecule has 0 radical (unpaired) electrons. The van der Waals surface area contributed by atoms with Gasteiger partial charge in [0.05, 0.1) is 21.2 Å². The van der Waals surface area contributed by atoms with Crippen LogP contribution in [0.3, 0.4) is 0 Å². The minimum Gasteiger partial charge on any atom is -0.421 e. The highest BCUT2D eigenvalue weighted by Gasteiger charge is 2.21. The van der Waals surface area contributed by atoms with E-state index in [1.807, 2.05) is 36.4 Å². The van der Waals surface area contributed by atoms with Crippen molar-refractivity contribution in [3.8, 4) is 16.9 Å². The lowest BCUT2D eigenvalue weighted by atomic mass is 10.0. The molecular weight excluding hydrogens is 760 g/mol. The van der Waals surface area contributed by atoms with Crippen molar-refractivity contribution in [2.45, 2.75) is 0 Å². The number of nitrogens with zero attached hydrogens (tertiary/aromatic N) is 2. The molecule has 2 N–H and O–H groups in total. The van der Waals surface area contributed by atoms with Gasteiger partial charge in [0.15, 0.2) is 5.75 Å². The molecule has 0 fully saturated rings. The number of hydrazone groups is 1. The molecule has 5 aromatic rings. The number of non-ortho nitro benzene ring substituents is 1. The molecule has 4 aromatic carbocycles. The number of nitrogens with one attached hydrogen (secondary N) is 2. The fourth-order valence-electron chi connectivity index (χ4n) is 4.15. The van der Waals surface area contributed by atoms with Gasteiger partial charge in [-0.1, -0.05) is 61.7 Å². The normalized spacial score (nSPS) is 11.1. The molecule has 0 aliphatic heterocycles. The number of hydrogen-bond donors (Lipinski definition) is 2. The molecule has 0 spiro atoms. The lowest BCUT2D eigenvalue weighted by Crippen LogP contribution is -2.19. The number of esters is 1. The van der Waals surface area contributed by atoms with Gasteiger partial charge in [0.25, 0.3) is 11.6 Å². The number of halogens is 4. The van der Waals surface area contributed by atoms with E-state index >= 15 is 0 Å². The Morgan fingerprint density at radius 1 is 0.976 bits per heavy atom. The predicted octanol–water partition coefficient (Wildman–Crippen LogP) is 8.67. The summed E-state index contributed by atoms with van der Waals surface area (Å²) in [6.07, 6.45) is 1.33. The van der Waals surface area contributed by atoms with Crippen molar-refractivity contribution in [3.05, 3.63) is 124 Å². The number of carbonyl (C=O) groups excluding carboxylic acids is 2. The number of nitro benzene ring substituents is 1. The number of rotatable bonds is 7. The Morgan fingerprint density at radius 2 is 1.71 bits per heavy atom. The molecule has 13 heteroatoms. The van der Waals surface area contributed by atoms with Gasteiger partial charge < -0.3 is 9.72 Å². The maximum Gasteiger partial charge on any atom is 0.343 e. The van der Waals surface area contributed by atoms with Gasteiger partial charge in [-0.3, -0.25) is 14.9 Å². The molecule has 0 aliphatic carbocycles. The quantitative estimate of drug-likeness (QED) is 0.0563. The minimum absolute atomic E-state index is 0.115. The average molecular weight is 776 g/mol. The highest BCUT2D eigenvalue weighted by Crippen LogP contribution is 2.38. The first-order valence-electron chi connectivity index (χ1n) is 12.0. The van der Waals surface area contributed by atoms with E-state index in [4.69, 9.17) is 16.3 Å². The van der Waals surface area contributed by atoms with Crippen LogP contribution < -0.4 is 10.2 Å². The lowest BCUT2D eigenvalue weighted by molar-refractivity contribution is -0.384. The molecule has 0 bridgehead atoms. The van der Waals surface area contributed by atoms with Gasteiger partial charge in [0.2, 0.25) is 0 Å². The molecule has 1 heterocycles. The van der Waals surface area contributed by atoms with Crippen molar-refractivity contribution in [3.63, 3.8) is 0 Å². The van der Waals surface area contributed by atoms with Crippen molar-refractivity contribution in [2.24, 2.45) is 5.10 Å². The first-order valence-corrected chi connectivity index (χ1v) is 14.7. The van der Waals surface area contributed by atoms with Crippen LogP contribution in [0.2, 0.25) is 5.02 Å². The van der Waals surface area contributed by atoms with Gasteiger partial charge in [0, 0.05) is 53.7 Å². The highest BCUT2D eigenvalue weighted by atomic mass is 79.9. The molecule has 0 saturated heterocycles. The Kier molecular flexibility index (Phi) is 8.88. The number of fused-ring (bicyclic) bond motifs is 1. The van der Waals surface area contributed by atoms with Crippen molar-refractivity contribution in [1.29, 1.82) is 0 Å². The number of aromatic nitrogens is 1. The molecule has 0 saturated carbocycles. The first-order chi connectivity index (χ1) is 20.1. The molecule has 42 heavy (non-hydrogen) atoms. The summed E-state index contributed by atoms with van der Waals surface area (Å²) in [7, 11) is 0. The van der Waals surface area contributed by atoms with Gasteiger partial charge in [-0.15, -0.1) is 0 Å². The van der Waals surface area contributed by atoms with Crippen molar-refractivity contribution < 1.29 is 19.2 Å². The Labute approximate surface area is 268 Å². The van der Waals surface area contributed by atoms with Crippen LogP contribution in [0.5, 0.6) is 5.75 Å². The zero-order chi connectivity index (χ0) is 30.0. The molecule has 5 rings (SSSR count). The van der Waals surface area contributed by atoms with Gasteiger partial charge >= 0.3 is 5.97 Å². The Morgan fingerprint density at radius 3 is 2.43 bits per heavy atom. The molecule has 0 aliphatic rings. The van der Waals surface area contributed by atoms with Crippen LogP contribution in [0.4, 0.5) is 5.69 Å². The number of amides is 1. The smallest absolute Gasteiger partial charge is 0.343 e. The van der Waals surface area contributed by atoms with Crippen LogP contribution in [0, 0.1) is 10.1 Å². The van der Waals surface area contributed by atoms with Gasteiger partial charge in [-0.25, -0.2) is 10.2 Å². The third-order valence-corrected chi connectivity index (χ3v) is 7.92. The second kappa shape index (κ2) is 12.6. The largest absolute Gasteiger partial charge is 0.421 e. The summed E-state index contributed by atoms with van der Waals surface area (Å²) >= 11 is 16.8. The Hall–Kier alpha value is -3.84. The van der Waals surface area contributed by atoms with Crippen molar-refractivity contribution in [2.75, 3.05) is 0 Å². The van der Waals surface area contributed by atoms with Crippen LogP contribution in [0.15, 0.2) is 97.4 Å². The number of carbonyl (C=O) groups is 2. The van der Waals surface area contributed by atoms with Crippen molar-refractivity contribution in [1.82, 2.24) is 10.4 Å². The van der Waals surface area contributed by atoms with E-state index in [0.717, 1.165) is 15.4 Å². The molecular formula is C29H16Br3ClN4O5. The van der Waals surface area contributed by atoms with Crippen LogP contribution in [0.25, 0.3) is 22.0 Å². The summed E-state index contributed by atoms with van der Waals surface area (Å²) in [5.74, 6) is -1.13.